The smallest absolute Gasteiger partial charge is 0.309 e. The van der Waals surface area contributed by atoms with Crippen molar-refractivity contribution in [2.75, 3.05) is 19.4 Å². The minimum Gasteiger partial charge on any atom is -0.466 e. The van der Waals surface area contributed by atoms with Gasteiger partial charge < -0.3 is 9.26 Å². The van der Waals surface area contributed by atoms with Crippen molar-refractivity contribution < 1.29 is 14.1 Å². The van der Waals surface area contributed by atoms with E-state index in [1.807, 2.05) is 44.2 Å². The Morgan fingerprint density at radius 2 is 1.94 bits per heavy atom. The third-order valence-corrected chi connectivity index (χ3v) is 3.67. The van der Waals surface area contributed by atoms with E-state index in [2.05, 4.69) is 0 Å². The molecule has 2 atom stereocenters. The summed E-state index contributed by atoms with van der Waals surface area (Å²) < 4.78 is 10.5. The van der Waals surface area contributed by atoms with Crippen molar-refractivity contribution in [3.63, 3.8) is 0 Å². The van der Waals surface area contributed by atoms with Crippen LogP contribution in [0.5, 0.6) is 0 Å². The van der Waals surface area contributed by atoms with E-state index in [-0.39, 0.29) is 11.9 Å². The highest BCUT2D eigenvalue weighted by Crippen LogP contribution is 2.21. The highest BCUT2D eigenvalue weighted by molar-refractivity contribution is 7.32. The Morgan fingerprint density at radius 1 is 1.22 bits per heavy atom. The Balaban J connectivity index is 2.56. The molecule has 18 heavy (non-hydrogen) atoms. The van der Waals surface area contributed by atoms with Crippen LogP contribution in [0.1, 0.15) is 19.4 Å². The first-order chi connectivity index (χ1) is 8.77. The van der Waals surface area contributed by atoms with Gasteiger partial charge in [0.15, 0.2) is 0 Å². The second-order valence-corrected chi connectivity index (χ2v) is 4.91. The van der Waals surface area contributed by atoms with Crippen molar-refractivity contribution in [3.05, 3.63) is 35.9 Å². The van der Waals surface area contributed by atoms with Crippen LogP contribution >= 0.6 is 8.81 Å². The van der Waals surface area contributed by atoms with Crippen molar-refractivity contribution >= 4 is 14.8 Å². The molecule has 0 saturated heterocycles. The summed E-state index contributed by atoms with van der Waals surface area (Å²) in [5.41, 5.74) is 1.16. The summed E-state index contributed by atoms with van der Waals surface area (Å²) in [6.07, 6.45) is 1.46. The Bertz CT molecular complexity index is 340. The molecule has 3 nitrogen and oxygen atoms in total. The zero-order valence-corrected chi connectivity index (χ0v) is 12.0. The lowest BCUT2D eigenvalue weighted by Gasteiger charge is -2.15. The number of hydrogen-bond donors (Lipinski definition) is 0. The lowest BCUT2D eigenvalue weighted by Crippen LogP contribution is -2.22. The first kappa shape index (κ1) is 15.1. The fourth-order valence-electron chi connectivity index (χ4n) is 1.66. The van der Waals surface area contributed by atoms with Gasteiger partial charge in [-0.3, -0.25) is 4.79 Å². The topological polar surface area (TPSA) is 35.5 Å². The molecular weight excluding hydrogens is 247 g/mol. The van der Waals surface area contributed by atoms with Gasteiger partial charge in [0.05, 0.1) is 12.5 Å². The van der Waals surface area contributed by atoms with Crippen molar-refractivity contribution in [1.29, 1.82) is 0 Å². The number of rotatable bonds is 8. The zero-order chi connectivity index (χ0) is 13.2. The number of ether oxygens (including phenoxy) is 1. The highest BCUT2D eigenvalue weighted by Gasteiger charge is 2.20. The van der Waals surface area contributed by atoms with E-state index < -0.39 is 0 Å². The zero-order valence-electron chi connectivity index (χ0n) is 11.0. The van der Waals surface area contributed by atoms with Crippen LogP contribution in [-0.4, -0.2) is 25.3 Å². The summed E-state index contributed by atoms with van der Waals surface area (Å²) in [5, 5.41) is 0. The molecule has 0 amide bonds. The predicted octanol–water partition coefficient (Wildman–Crippen LogP) is 3.04. The van der Waals surface area contributed by atoms with Gasteiger partial charge in [0.2, 0.25) is 0 Å². The van der Waals surface area contributed by atoms with Gasteiger partial charge in [-0.2, -0.15) is 0 Å². The molecule has 0 bridgehead atoms. The SMILES string of the molecule is CCOPCC(Cc1ccccc1)C(=O)OCC. The second kappa shape index (κ2) is 9.07. The molecule has 0 aromatic heterocycles. The van der Waals surface area contributed by atoms with Crippen LogP contribution in [0.4, 0.5) is 0 Å². The number of carbonyl (C=O) groups is 1. The first-order valence-corrected chi connectivity index (χ1v) is 7.44. The van der Waals surface area contributed by atoms with E-state index in [0.717, 1.165) is 18.1 Å². The maximum absolute atomic E-state index is 11.9. The maximum atomic E-state index is 11.9. The molecule has 0 aliphatic heterocycles. The number of esters is 1. The van der Waals surface area contributed by atoms with Crippen molar-refractivity contribution in [1.82, 2.24) is 0 Å². The van der Waals surface area contributed by atoms with Gasteiger partial charge in [-0.05, 0) is 25.8 Å². The molecule has 4 heteroatoms. The molecular formula is C14H21O3P. The van der Waals surface area contributed by atoms with Crippen molar-refractivity contribution in [3.8, 4) is 0 Å². The third kappa shape index (κ3) is 5.61. The van der Waals surface area contributed by atoms with E-state index >= 15 is 0 Å². The Morgan fingerprint density at radius 3 is 2.56 bits per heavy atom. The minimum atomic E-state index is -0.117. The predicted molar refractivity (Wildman–Crippen MR) is 75.1 cm³/mol. The monoisotopic (exact) mass is 268 g/mol. The van der Waals surface area contributed by atoms with Crippen LogP contribution in [0.15, 0.2) is 30.3 Å². The Labute approximate surface area is 111 Å². The average Bonchev–Trinajstić information content (AvgIpc) is 2.39. The van der Waals surface area contributed by atoms with Gasteiger partial charge in [0.25, 0.3) is 0 Å². The van der Waals surface area contributed by atoms with E-state index in [1.165, 1.54) is 0 Å². The Kier molecular flexibility index (Phi) is 7.63. The average molecular weight is 268 g/mol. The second-order valence-electron chi connectivity index (χ2n) is 3.92. The normalized spacial score (nSPS) is 12.8. The van der Waals surface area contributed by atoms with Crippen LogP contribution in [0, 0.1) is 5.92 Å². The van der Waals surface area contributed by atoms with Crippen molar-refractivity contribution in [2.24, 2.45) is 5.92 Å². The van der Waals surface area contributed by atoms with E-state index in [4.69, 9.17) is 9.26 Å². The molecule has 1 aromatic carbocycles. The summed E-state index contributed by atoms with van der Waals surface area (Å²) in [6.45, 7) is 4.92. The van der Waals surface area contributed by atoms with Gasteiger partial charge in [0.1, 0.15) is 0 Å². The fourth-order valence-corrected chi connectivity index (χ4v) is 2.49. The number of benzene rings is 1. The van der Waals surface area contributed by atoms with Gasteiger partial charge in [-0.1, -0.05) is 30.3 Å². The molecule has 0 spiro atoms. The number of hydrogen-bond acceptors (Lipinski definition) is 3. The van der Waals surface area contributed by atoms with Crippen LogP contribution in [-0.2, 0) is 20.5 Å². The van der Waals surface area contributed by atoms with Gasteiger partial charge in [-0.15, -0.1) is 0 Å². The maximum Gasteiger partial charge on any atom is 0.309 e. The van der Waals surface area contributed by atoms with E-state index in [9.17, 15) is 4.79 Å². The number of carbonyl (C=O) groups excluding carboxylic acids is 1. The first-order valence-electron chi connectivity index (χ1n) is 6.33. The molecule has 0 aliphatic rings. The summed E-state index contributed by atoms with van der Waals surface area (Å²) in [4.78, 5) is 11.9. The lowest BCUT2D eigenvalue weighted by atomic mass is 10.0. The summed E-state index contributed by atoms with van der Waals surface area (Å²) >= 11 is 0. The summed E-state index contributed by atoms with van der Waals surface area (Å²) in [7, 11) is 0.361. The molecule has 0 aliphatic carbocycles. The summed E-state index contributed by atoms with van der Waals surface area (Å²) in [6, 6.07) is 10.0. The van der Waals surface area contributed by atoms with Crippen LogP contribution in [0.2, 0.25) is 0 Å². The molecule has 100 valence electrons. The molecule has 2 unspecified atom stereocenters. The van der Waals surface area contributed by atoms with Gasteiger partial charge >= 0.3 is 5.97 Å². The van der Waals surface area contributed by atoms with Gasteiger partial charge in [-0.25, -0.2) is 0 Å². The quantitative estimate of drug-likeness (QED) is 0.413. The molecule has 0 saturated carbocycles. The molecule has 0 radical (unpaired) electrons. The minimum absolute atomic E-state index is 0.0998. The van der Waals surface area contributed by atoms with E-state index in [1.54, 1.807) is 0 Å². The standard InChI is InChI=1S/C14H21O3P/c1-3-16-14(15)13(11-18-17-4-2)10-12-8-6-5-7-9-12/h5-9,13,18H,3-4,10-11H2,1-2H3. The molecule has 1 aromatic rings. The van der Waals surface area contributed by atoms with Crippen LogP contribution < -0.4 is 0 Å². The Hall–Kier alpha value is -0.920. The molecule has 0 heterocycles. The van der Waals surface area contributed by atoms with Crippen LogP contribution in [0.3, 0.4) is 0 Å². The van der Waals surface area contributed by atoms with Gasteiger partial charge in [0, 0.05) is 21.6 Å². The summed E-state index contributed by atoms with van der Waals surface area (Å²) in [5.74, 6) is -0.217. The van der Waals surface area contributed by atoms with Crippen LogP contribution in [0.25, 0.3) is 0 Å². The lowest BCUT2D eigenvalue weighted by molar-refractivity contribution is -0.147. The highest BCUT2D eigenvalue weighted by atomic mass is 31.1. The molecule has 0 fully saturated rings. The largest absolute Gasteiger partial charge is 0.466 e. The third-order valence-electron chi connectivity index (χ3n) is 2.52. The van der Waals surface area contributed by atoms with E-state index in [0.29, 0.717) is 22.0 Å². The molecule has 0 N–H and O–H groups in total. The molecule has 1 rings (SSSR count). The van der Waals surface area contributed by atoms with Crippen molar-refractivity contribution in [2.45, 2.75) is 20.3 Å². The fraction of sp³-hybridized carbons (Fsp3) is 0.500.